The minimum atomic E-state index is 0.383. The summed E-state index contributed by atoms with van der Waals surface area (Å²) in [6.45, 7) is 7.70. The van der Waals surface area contributed by atoms with Crippen LogP contribution in [0.1, 0.15) is 20.3 Å². The number of hydrogen-bond donors (Lipinski definition) is 1. The molecular formula is C9H17NO. The van der Waals surface area contributed by atoms with Gasteiger partial charge in [-0.05, 0) is 24.8 Å². The first-order valence-electron chi connectivity index (χ1n) is 4.57. The molecule has 0 radical (unpaired) electrons. The number of ether oxygens (including phenoxy) is 1. The Morgan fingerprint density at radius 1 is 1.45 bits per heavy atom. The summed E-state index contributed by atoms with van der Waals surface area (Å²) >= 11 is 0. The molecular weight excluding hydrogens is 138 g/mol. The second kappa shape index (κ2) is 2.46. The van der Waals surface area contributed by atoms with Crippen LogP contribution in [0.4, 0.5) is 0 Å². The standard InChI is InChI=1S/C9H17NO/c1-7(2)8-3-4-10-9(8)5-11-6-9/h7-8,10H,3-6H2,1-2H3. The highest BCUT2D eigenvalue weighted by atomic mass is 16.5. The van der Waals surface area contributed by atoms with Gasteiger partial charge in [0.05, 0.1) is 18.8 Å². The van der Waals surface area contributed by atoms with Crippen molar-refractivity contribution < 1.29 is 4.74 Å². The average Bonchev–Trinajstić information content (AvgIpc) is 2.27. The van der Waals surface area contributed by atoms with Crippen LogP contribution in [-0.2, 0) is 4.74 Å². The number of nitrogens with one attached hydrogen (secondary N) is 1. The van der Waals surface area contributed by atoms with Crippen LogP contribution in [0.25, 0.3) is 0 Å². The summed E-state index contributed by atoms with van der Waals surface area (Å²) in [6.07, 6.45) is 1.33. The lowest BCUT2D eigenvalue weighted by atomic mass is 9.77. The summed E-state index contributed by atoms with van der Waals surface area (Å²) in [6, 6.07) is 0. The second-order valence-corrected chi connectivity index (χ2v) is 4.21. The van der Waals surface area contributed by atoms with Gasteiger partial charge >= 0.3 is 0 Å². The van der Waals surface area contributed by atoms with Gasteiger partial charge in [0.1, 0.15) is 0 Å². The zero-order chi connectivity index (χ0) is 7.90. The van der Waals surface area contributed by atoms with Crippen molar-refractivity contribution in [2.45, 2.75) is 25.8 Å². The molecule has 2 rings (SSSR count). The molecule has 0 aromatic carbocycles. The van der Waals surface area contributed by atoms with Gasteiger partial charge < -0.3 is 10.1 Å². The van der Waals surface area contributed by atoms with E-state index >= 15 is 0 Å². The Labute approximate surface area is 68.3 Å². The Hall–Kier alpha value is -0.0800. The van der Waals surface area contributed by atoms with Gasteiger partial charge in [0, 0.05) is 0 Å². The van der Waals surface area contributed by atoms with Crippen molar-refractivity contribution in [3.05, 3.63) is 0 Å². The summed E-state index contributed by atoms with van der Waals surface area (Å²) in [5.74, 6) is 1.64. The van der Waals surface area contributed by atoms with E-state index in [4.69, 9.17) is 4.74 Å². The molecule has 0 aliphatic carbocycles. The largest absolute Gasteiger partial charge is 0.377 e. The Balaban J connectivity index is 2.07. The van der Waals surface area contributed by atoms with E-state index in [1.54, 1.807) is 0 Å². The summed E-state index contributed by atoms with van der Waals surface area (Å²) in [5, 5.41) is 3.58. The summed E-state index contributed by atoms with van der Waals surface area (Å²) in [5.41, 5.74) is 0.383. The molecule has 0 bridgehead atoms. The predicted octanol–water partition coefficient (Wildman–Crippen LogP) is 1.02. The van der Waals surface area contributed by atoms with Gasteiger partial charge in [-0.15, -0.1) is 0 Å². The van der Waals surface area contributed by atoms with Crippen LogP contribution in [-0.4, -0.2) is 25.3 Å². The number of rotatable bonds is 1. The smallest absolute Gasteiger partial charge is 0.0685 e. The maximum atomic E-state index is 5.28. The van der Waals surface area contributed by atoms with Crippen molar-refractivity contribution in [2.75, 3.05) is 19.8 Å². The Bertz CT molecular complexity index is 152. The molecule has 11 heavy (non-hydrogen) atoms. The van der Waals surface area contributed by atoms with Crippen molar-refractivity contribution in [1.29, 1.82) is 0 Å². The molecule has 2 aliphatic rings. The molecule has 1 unspecified atom stereocenters. The van der Waals surface area contributed by atoms with Gasteiger partial charge in [0.2, 0.25) is 0 Å². The first-order valence-corrected chi connectivity index (χ1v) is 4.57. The molecule has 0 saturated carbocycles. The van der Waals surface area contributed by atoms with E-state index < -0.39 is 0 Å². The summed E-state index contributed by atoms with van der Waals surface area (Å²) < 4.78 is 5.28. The van der Waals surface area contributed by atoms with Crippen LogP contribution in [0.2, 0.25) is 0 Å². The first kappa shape index (κ1) is 7.56. The van der Waals surface area contributed by atoms with Crippen molar-refractivity contribution >= 4 is 0 Å². The normalized spacial score (nSPS) is 34.6. The minimum absolute atomic E-state index is 0.383. The van der Waals surface area contributed by atoms with Crippen LogP contribution in [0.5, 0.6) is 0 Å². The second-order valence-electron chi connectivity index (χ2n) is 4.21. The van der Waals surface area contributed by atoms with Crippen LogP contribution < -0.4 is 5.32 Å². The van der Waals surface area contributed by atoms with Crippen molar-refractivity contribution in [2.24, 2.45) is 11.8 Å². The van der Waals surface area contributed by atoms with Gasteiger partial charge in [-0.3, -0.25) is 0 Å². The van der Waals surface area contributed by atoms with E-state index in [1.165, 1.54) is 13.0 Å². The molecule has 2 aliphatic heterocycles. The summed E-state index contributed by atoms with van der Waals surface area (Å²) in [4.78, 5) is 0. The molecule has 2 nitrogen and oxygen atoms in total. The molecule has 0 aromatic heterocycles. The highest BCUT2D eigenvalue weighted by Crippen LogP contribution is 2.37. The molecule has 64 valence electrons. The fourth-order valence-corrected chi connectivity index (χ4v) is 2.49. The molecule has 0 amide bonds. The predicted molar refractivity (Wildman–Crippen MR) is 44.5 cm³/mol. The first-order chi connectivity index (χ1) is 5.25. The third-order valence-corrected chi connectivity index (χ3v) is 3.17. The molecule has 1 atom stereocenters. The lowest BCUT2D eigenvalue weighted by Gasteiger charge is -2.44. The Kier molecular flexibility index (Phi) is 1.69. The molecule has 2 saturated heterocycles. The zero-order valence-corrected chi connectivity index (χ0v) is 7.39. The molecule has 2 heterocycles. The fraction of sp³-hybridized carbons (Fsp3) is 1.00. The molecule has 2 fully saturated rings. The van der Waals surface area contributed by atoms with Gasteiger partial charge in [-0.2, -0.15) is 0 Å². The number of hydrogen-bond acceptors (Lipinski definition) is 2. The maximum absolute atomic E-state index is 5.28. The van der Waals surface area contributed by atoms with Gasteiger partial charge in [0.25, 0.3) is 0 Å². The van der Waals surface area contributed by atoms with Gasteiger partial charge in [0.15, 0.2) is 0 Å². The highest BCUT2D eigenvalue weighted by Gasteiger charge is 2.49. The lowest BCUT2D eigenvalue weighted by molar-refractivity contribution is -0.0947. The van der Waals surface area contributed by atoms with Gasteiger partial charge in [-0.1, -0.05) is 13.8 Å². The zero-order valence-electron chi connectivity index (χ0n) is 7.39. The van der Waals surface area contributed by atoms with Crippen molar-refractivity contribution in [3.63, 3.8) is 0 Å². The van der Waals surface area contributed by atoms with E-state index in [-0.39, 0.29) is 0 Å². The molecule has 0 aromatic rings. The summed E-state index contributed by atoms with van der Waals surface area (Å²) in [7, 11) is 0. The lowest BCUT2D eigenvalue weighted by Crippen LogP contribution is -2.61. The van der Waals surface area contributed by atoms with Crippen LogP contribution in [0.3, 0.4) is 0 Å². The molecule has 2 heteroatoms. The molecule has 1 spiro atoms. The maximum Gasteiger partial charge on any atom is 0.0685 e. The Morgan fingerprint density at radius 2 is 2.18 bits per heavy atom. The van der Waals surface area contributed by atoms with E-state index in [2.05, 4.69) is 19.2 Å². The van der Waals surface area contributed by atoms with Gasteiger partial charge in [-0.25, -0.2) is 0 Å². The van der Waals surface area contributed by atoms with Crippen molar-refractivity contribution in [3.8, 4) is 0 Å². The van der Waals surface area contributed by atoms with Crippen LogP contribution in [0, 0.1) is 11.8 Å². The topological polar surface area (TPSA) is 21.3 Å². The van der Waals surface area contributed by atoms with E-state index in [9.17, 15) is 0 Å². The van der Waals surface area contributed by atoms with Crippen molar-refractivity contribution in [1.82, 2.24) is 5.32 Å². The minimum Gasteiger partial charge on any atom is -0.377 e. The van der Waals surface area contributed by atoms with E-state index in [0.717, 1.165) is 25.0 Å². The van der Waals surface area contributed by atoms with E-state index in [0.29, 0.717) is 5.54 Å². The Morgan fingerprint density at radius 3 is 2.55 bits per heavy atom. The van der Waals surface area contributed by atoms with Crippen LogP contribution in [0.15, 0.2) is 0 Å². The fourth-order valence-electron chi connectivity index (χ4n) is 2.49. The average molecular weight is 155 g/mol. The third-order valence-electron chi connectivity index (χ3n) is 3.17. The monoisotopic (exact) mass is 155 g/mol. The quantitative estimate of drug-likeness (QED) is 0.610. The third kappa shape index (κ3) is 1.00. The van der Waals surface area contributed by atoms with E-state index in [1.807, 2.05) is 0 Å². The van der Waals surface area contributed by atoms with Crippen LogP contribution >= 0.6 is 0 Å². The highest BCUT2D eigenvalue weighted by molar-refractivity contribution is 5.05. The SMILES string of the molecule is CC(C)C1CCNC12COC2. The molecule has 1 N–H and O–H groups in total.